The molecule has 1 saturated heterocycles. The molecule has 4 atom stereocenters. The first-order valence-corrected chi connectivity index (χ1v) is 15.5. The zero-order valence-electron chi connectivity index (χ0n) is 31.5. The fourth-order valence-corrected chi connectivity index (χ4v) is 5.60. The number of rotatable bonds is 11. The van der Waals surface area contributed by atoms with Crippen molar-refractivity contribution in [3.8, 4) is 5.75 Å². The number of Topliss-reactive ketones (excluding diaryl/α,β-unsaturated/α-hetero) is 1. The Labute approximate surface area is 343 Å². The maximum Gasteiger partial charge on any atom is 0 e. The average Bonchev–Trinajstić information content (AvgIpc) is 3.55. The van der Waals surface area contributed by atoms with Crippen LogP contribution >= 0.6 is 12.5 Å². The van der Waals surface area contributed by atoms with Gasteiger partial charge < -0.3 is 19.3 Å². The van der Waals surface area contributed by atoms with Crippen molar-refractivity contribution in [3.05, 3.63) is 93.7 Å². The molecule has 53 heavy (non-hydrogen) atoms. The smallest absolute Gasteiger partial charge is 0 e. The van der Waals surface area contributed by atoms with E-state index in [1.165, 1.54) is 12.8 Å². The summed E-state index contributed by atoms with van der Waals surface area (Å²) in [4.78, 5) is 13.1. The van der Waals surface area contributed by atoms with E-state index in [-0.39, 0.29) is 64.2 Å². The van der Waals surface area contributed by atoms with Crippen LogP contribution in [0.3, 0.4) is 0 Å². The Morgan fingerprint density at radius 1 is 0.962 bits per heavy atom. The number of carbonyl (C=O) groups is 1. The second-order valence-corrected chi connectivity index (χ2v) is 10.2. The van der Waals surface area contributed by atoms with Crippen molar-refractivity contribution < 1.29 is 94.9 Å². The van der Waals surface area contributed by atoms with Gasteiger partial charge in [0.2, 0.25) is 1.43 Å². The molecular weight excluding hydrogens is 801 g/mol. The Morgan fingerprint density at radius 3 is 1.96 bits per heavy atom. The Balaban J connectivity index is -0.000000145. The van der Waals surface area contributed by atoms with Crippen LogP contribution in [0.1, 0.15) is 88.4 Å². The van der Waals surface area contributed by atoms with Crippen LogP contribution in [0.15, 0.2) is 29.3 Å². The van der Waals surface area contributed by atoms with E-state index in [9.17, 15) is 4.79 Å². The first kappa shape index (κ1) is 62.6. The molecule has 1 aromatic rings. The third kappa shape index (κ3) is 27.8. The third-order valence-electron chi connectivity index (χ3n) is 7.29. The van der Waals surface area contributed by atoms with E-state index < -0.39 is 6.10 Å². The van der Waals surface area contributed by atoms with Crippen LogP contribution in [-0.2, 0) is 91.5 Å². The summed E-state index contributed by atoms with van der Waals surface area (Å²) in [5.74, 6) is 1.10. The zero-order valence-corrected chi connectivity index (χ0v) is 32.5. The van der Waals surface area contributed by atoms with Crippen molar-refractivity contribution in [1.29, 1.82) is 2.77 Å². The van der Waals surface area contributed by atoms with Gasteiger partial charge in [0.15, 0.2) is 18.6 Å². The first-order valence-electron chi connectivity index (χ1n) is 15.9. The quantitative estimate of drug-likeness (QED) is 0.0972. The summed E-state index contributed by atoms with van der Waals surface area (Å²) in [6.45, 7) is 40.5. The molecule has 1 N–H and O–H groups in total. The summed E-state index contributed by atoms with van der Waals surface area (Å²) in [5, 5.41) is 5.25. The first-order chi connectivity index (χ1) is 25.9. The molecule has 1 aromatic carbocycles. The van der Waals surface area contributed by atoms with Crippen molar-refractivity contribution >= 4 is 24.8 Å². The Morgan fingerprint density at radius 2 is 1.51 bits per heavy atom. The van der Waals surface area contributed by atoms with Gasteiger partial charge in [0, 0.05) is 52.1 Å². The number of benzene rings is 1. The maximum absolute atomic E-state index is 13.1. The van der Waals surface area contributed by atoms with Gasteiger partial charge in [-0.3, -0.25) is 4.79 Å². The van der Waals surface area contributed by atoms with Crippen LogP contribution in [0.2, 0.25) is 6.82 Å². The fourth-order valence-electron chi connectivity index (χ4n) is 5.60. The number of aliphatic hydroxyl groups excluding tert-OH is 1. The van der Waals surface area contributed by atoms with Crippen molar-refractivity contribution in [3.63, 3.8) is 0 Å². The minimum Gasteiger partial charge on any atom is 0 e. The van der Waals surface area contributed by atoms with E-state index in [2.05, 4.69) is 72.6 Å². The minimum absolute atomic E-state index is 0. The van der Waals surface area contributed by atoms with E-state index in [0.717, 1.165) is 79.6 Å². The molecule has 1 aliphatic heterocycles. The fraction of sp³-hybridized carbons (Fsp3) is 0.528. The van der Waals surface area contributed by atoms with Crippen LogP contribution in [0, 0.1) is 59.1 Å². The zero-order chi connectivity index (χ0) is 42.8. The van der Waals surface area contributed by atoms with Crippen LogP contribution in [0.5, 0.6) is 5.75 Å². The van der Waals surface area contributed by atoms with Gasteiger partial charge in [-0.25, -0.2) is 12.5 Å². The van der Waals surface area contributed by atoms with E-state index in [4.69, 9.17) is 59.3 Å². The Hall–Kier alpha value is -2.34. The predicted molar refractivity (Wildman–Crippen MR) is 177 cm³/mol. The number of thiol groups is 1. The van der Waals surface area contributed by atoms with Gasteiger partial charge in [-0.1, -0.05) is 45.1 Å². The van der Waals surface area contributed by atoms with E-state index >= 15 is 0 Å². The number of hydrogen-bond acceptors (Lipinski definition) is 6. The minimum atomic E-state index is -0.503. The number of allylic oxidation sites excluding steroid dienone is 1. The van der Waals surface area contributed by atoms with E-state index in [1.54, 1.807) is 13.9 Å². The monoisotopic (exact) mass is 847 g/mol. The summed E-state index contributed by atoms with van der Waals surface area (Å²) >= 11 is 3.63. The number of ketones is 1. The average molecular weight is 847 g/mol. The van der Waals surface area contributed by atoms with Gasteiger partial charge in [-0.05, 0) is 75.0 Å². The second kappa shape index (κ2) is 54.0. The topological polar surface area (TPSA) is 224 Å². The predicted octanol–water partition coefficient (Wildman–Crippen LogP) is 5.45. The molecule has 0 amide bonds. The molecule has 2 radical (unpaired) electrons. The van der Waals surface area contributed by atoms with Crippen LogP contribution in [0.25, 0.3) is 0 Å². The van der Waals surface area contributed by atoms with E-state index in [0.29, 0.717) is 12.8 Å². The number of unbranched alkanes of at least 4 members (excludes halogenated alkanes) is 2. The van der Waals surface area contributed by atoms with Gasteiger partial charge in [-0.15, -0.1) is 0 Å². The molecular formula is C36H43BCo2O13S. The number of fused-ring (bicyclic) bond motifs is 2. The van der Waals surface area contributed by atoms with Crippen molar-refractivity contribution in [1.82, 2.24) is 0 Å². The number of methoxy groups -OCH3 is 1. The molecule has 0 spiro atoms. The Kier molecular flexibility index (Phi) is 63.8. The summed E-state index contributed by atoms with van der Waals surface area (Å²) in [5.41, 5.74) is 3.89. The summed E-state index contributed by atoms with van der Waals surface area (Å²) in [6.07, 6.45) is 9.88. The molecule has 1 fully saturated rings. The summed E-state index contributed by atoms with van der Waals surface area (Å²) < 4.78 is 92.0. The molecule has 13 nitrogen and oxygen atoms in total. The number of aliphatic hydroxyl groups is 1. The molecule has 2 aliphatic carbocycles. The molecule has 4 rings (SSSR count). The Bertz CT molecular complexity index is 1210. The molecule has 0 aromatic heterocycles. The number of carbonyl (C=O) groups excluding carboxylic acids is 1. The number of ether oxygens (including phenoxy) is 3. The summed E-state index contributed by atoms with van der Waals surface area (Å²) in [7, 11) is 1.66. The third-order valence-corrected chi connectivity index (χ3v) is 7.29. The SMILES string of the molecule is [2H]B(C)S.[3H]O[C@H]1C2=C(CC[C@H](CCCCC)OC3CCCCO3)C(=O)C[C@@H]2Cc2c(OC)cccc21.[C-]#[O+].[C-]#[O+].[C-]#[O+].[C-]#[O+].[C-]#[O+].[C-]#[O+].[C-]#[O+].[C-]#[O+].[Co].[Co]. The molecule has 292 valence electrons. The van der Waals surface area contributed by atoms with Gasteiger partial charge in [0.25, 0.3) is 0 Å². The molecule has 1 heterocycles. The molecule has 0 saturated carbocycles. The largest absolute Gasteiger partial charge is 0 e. The molecule has 17 heteroatoms. The van der Waals surface area contributed by atoms with E-state index in [1.807, 2.05) is 18.2 Å². The van der Waals surface area contributed by atoms with Crippen LogP contribution < -0.4 is 4.74 Å². The number of hydrogen-bond donors (Lipinski definition) is 2. The standard InChI is InChI=1S/C27H38O5.CH5BS.8CO.2Co/c1-3-4-5-9-19(32-25-12-6-7-15-31-25)13-14-21-23(28)17-18-16-22-20(27(29)26(18)21)10-8-11-24(22)30-2;1-2-3;8*1-2;;/h8,10-11,18-19,25,27,29H,3-7,9,12-17H2,1-2H3;2-3H,1H3;;;;;;;;;;/t18-,19-,25?,27+;;;;;;;;;;;/m0.........../s1/i29T;2D;;;;;;;;;;. The van der Waals surface area contributed by atoms with Gasteiger partial charge in [0.1, 0.15) is 11.9 Å². The van der Waals surface area contributed by atoms with Crippen molar-refractivity contribution in [2.24, 2.45) is 5.92 Å². The van der Waals surface area contributed by atoms with Gasteiger partial charge in [-0.2, -0.15) is 0 Å². The molecule has 0 bridgehead atoms. The van der Waals surface area contributed by atoms with Crippen molar-refractivity contribution in [2.45, 2.75) is 103 Å². The normalized spacial score (nSPS) is 16.8. The summed E-state index contributed by atoms with van der Waals surface area (Å²) in [6, 6.07) is 5.87. The van der Waals surface area contributed by atoms with Gasteiger partial charge >= 0.3 is 90.4 Å². The molecule has 3 aliphatic rings. The van der Waals surface area contributed by atoms with Crippen LogP contribution in [0.4, 0.5) is 0 Å². The second-order valence-electron chi connectivity index (χ2n) is 9.72. The molecule has 1 unspecified atom stereocenters. The van der Waals surface area contributed by atoms with Gasteiger partial charge in [0.05, 0.1) is 13.2 Å². The maximum atomic E-state index is 13.1. The van der Waals surface area contributed by atoms with Crippen molar-refractivity contribution in [2.75, 3.05) is 13.7 Å². The van der Waals surface area contributed by atoms with Crippen LogP contribution in [-0.4, -0.2) is 46.3 Å².